The number of carboxylic acids is 1. The Morgan fingerprint density at radius 3 is 2.86 bits per heavy atom. The zero-order valence-corrected chi connectivity index (χ0v) is 12.2. The number of phenols is 1. The summed E-state index contributed by atoms with van der Waals surface area (Å²) in [5, 5.41) is 29.4. The van der Waals surface area contributed by atoms with Gasteiger partial charge in [0.1, 0.15) is 5.75 Å². The summed E-state index contributed by atoms with van der Waals surface area (Å²) in [5.41, 5.74) is 1.51. The molecule has 2 aliphatic carbocycles. The van der Waals surface area contributed by atoms with Crippen molar-refractivity contribution in [3.63, 3.8) is 0 Å². The molecule has 2 aliphatic rings. The quantitative estimate of drug-likeness (QED) is 0.782. The maximum atomic E-state index is 11.2. The van der Waals surface area contributed by atoms with Crippen LogP contribution in [0.5, 0.6) is 5.75 Å². The summed E-state index contributed by atoms with van der Waals surface area (Å²) in [6.45, 7) is 1.78. The van der Waals surface area contributed by atoms with Crippen molar-refractivity contribution in [3.8, 4) is 5.75 Å². The molecule has 0 spiro atoms. The van der Waals surface area contributed by atoms with Crippen LogP contribution in [0.4, 0.5) is 0 Å². The molecule has 114 valence electrons. The molecule has 0 amide bonds. The normalized spacial score (nSPS) is 34.9. The minimum Gasteiger partial charge on any atom is -0.508 e. The lowest BCUT2D eigenvalue weighted by atomic mass is 9.58. The lowest BCUT2D eigenvalue weighted by Gasteiger charge is -2.49. The lowest BCUT2D eigenvalue weighted by Crippen LogP contribution is -2.47. The largest absolute Gasteiger partial charge is 0.508 e. The Morgan fingerprint density at radius 2 is 2.14 bits per heavy atom. The van der Waals surface area contributed by atoms with Gasteiger partial charge in [-0.1, -0.05) is 6.07 Å². The molecule has 1 saturated carbocycles. The average Bonchev–Trinajstić information content (AvgIpc) is 2.40. The van der Waals surface area contributed by atoms with Crippen LogP contribution in [0.25, 0.3) is 0 Å². The molecule has 0 radical (unpaired) electrons. The van der Waals surface area contributed by atoms with Crippen molar-refractivity contribution < 1.29 is 20.1 Å². The molecule has 21 heavy (non-hydrogen) atoms. The topological polar surface area (TPSA) is 77.8 Å². The number of aryl methyl sites for hydroxylation is 1. The summed E-state index contributed by atoms with van der Waals surface area (Å²) >= 11 is 0. The predicted molar refractivity (Wildman–Crippen MR) is 78.3 cm³/mol. The van der Waals surface area contributed by atoms with Crippen molar-refractivity contribution in [2.45, 2.75) is 50.5 Å². The first-order chi connectivity index (χ1) is 9.88. The number of hydrogen-bond donors (Lipinski definition) is 3. The molecule has 4 nitrogen and oxygen atoms in total. The molecule has 0 heterocycles. The van der Waals surface area contributed by atoms with Gasteiger partial charge < -0.3 is 15.3 Å². The lowest BCUT2D eigenvalue weighted by molar-refractivity contribution is -0.145. The van der Waals surface area contributed by atoms with E-state index in [1.54, 1.807) is 13.0 Å². The summed E-state index contributed by atoms with van der Waals surface area (Å²) in [7, 11) is 0. The highest BCUT2D eigenvalue weighted by Crippen LogP contribution is 2.52. The average molecular weight is 290 g/mol. The Hall–Kier alpha value is -1.55. The van der Waals surface area contributed by atoms with Gasteiger partial charge in [-0.2, -0.15) is 0 Å². The van der Waals surface area contributed by atoms with Gasteiger partial charge in [-0.15, -0.1) is 0 Å². The Morgan fingerprint density at radius 1 is 1.38 bits per heavy atom. The van der Waals surface area contributed by atoms with Gasteiger partial charge >= 0.3 is 5.97 Å². The number of phenolic OH excluding ortho intramolecular Hbond substituents is 1. The molecule has 0 saturated heterocycles. The SMILES string of the molecule is CC1(O)CCC2c3ccc(O)cc3CCC2C1CC(=O)O. The number of aliphatic carboxylic acids is 1. The summed E-state index contributed by atoms with van der Waals surface area (Å²) in [5.74, 6) is -0.231. The van der Waals surface area contributed by atoms with Crippen LogP contribution in [0.2, 0.25) is 0 Å². The van der Waals surface area contributed by atoms with E-state index in [4.69, 9.17) is 0 Å². The predicted octanol–water partition coefficient (Wildman–Crippen LogP) is 2.67. The molecule has 1 fully saturated rings. The van der Waals surface area contributed by atoms with Crippen molar-refractivity contribution in [2.24, 2.45) is 11.8 Å². The van der Waals surface area contributed by atoms with Crippen LogP contribution < -0.4 is 0 Å². The second-order valence-electron chi connectivity index (χ2n) is 6.79. The van der Waals surface area contributed by atoms with Gasteiger partial charge in [-0.05, 0) is 67.7 Å². The number of rotatable bonds is 2. The molecule has 4 atom stereocenters. The van der Waals surface area contributed by atoms with Gasteiger partial charge in [0.2, 0.25) is 0 Å². The molecule has 4 unspecified atom stereocenters. The van der Waals surface area contributed by atoms with Crippen molar-refractivity contribution in [3.05, 3.63) is 29.3 Å². The molecule has 0 aromatic heterocycles. The Bertz CT molecular complexity index is 564. The smallest absolute Gasteiger partial charge is 0.303 e. The van der Waals surface area contributed by atoms with Crippen LogP contribution in [0.15, 0.2) is 18.2 Å². The van der Waals surface area contributed by atoms with Crippen LogP contribution in [0, 0.1) is 11.8 Å². The third kappa shape index (κ3) is 2.53. The molecular weight excluding hydrogens is 268 g/mol. The van der Waals surface area contributed by atoms with Gasteiger partial charge in [0, 0.05) is 5.92 Å². The second-order valence-corrected chi connectivity index (χ2v) is 6.79. The molecule has 0 aliphatic heterocycles. The maximum absolute atomic E-state index is 11.2. The third-order valence-electron chi connectivity index (χ3n) is 5.46. The van der Waals surface area contributed by atoms with E-state index >= 15 is 0 Å². The van der Waals surface area contributed by atoms with Gasteiger partial charge in [-0.3, -0.25) is 4.79 Å². The first-order valence-corrected chi connectivity index (χ1v) is 7.64. The van der Waals surface area contributed by atoms with E-state index < -0.39 is 11.6 Å². The fraction of sp³-hybridized carbons (Fsp3) is 0.588. The zero-order chi connectivity index (χ0) is 15.2. The molecule has 1 aromatic carbocycles. The van der Waals surface area contributed by atoms with E-state index in [0.29, 0.717) is 12.3 Å². The van der Waals surface area contributed by atoms with Gasteiger partial charge in [0.15, 0.2) is 0 Å². The zero-order valence-electron chi connectivity index (χ0n) is 12.2. The molecule has 4 heteroatoms. The van der Waals surface area contributed by atoms with Crippen molar-refractivity contribution in [1.82, 2.24) is 0 Å². The van der Waals surface area contributed by atoms with Gasteiger partial charge in [0.25, 0.3) is 0 Å². The third-order valence-corrected chi connectivity index (χ3v) is 5.46. The van der Waals surface area contributed by atoms with Gasteiger partial charge in [-0.25, -0.2) is 0 Å². The van der Waals surface area contributed by atoms with Crippen LogP contribution in [0.3, 0.4) is 0 Å². The summed E-state index contributed by atoms with van der Waals surface area (Å²) in [6.07, 6.45) is 3.27. The van der Waals surface area contributed by atoms with E-state index in [1.807, 2.05) is 12.1 Å². The van der Waals surface area contributed by atoms with E-state index in [0.717, 1.165) is 19.3 Å². The fourth-order valence-electron chi connectivity index (χ4n) is 4.43. The number of aromatic hydroxyl groups is 1. The van der Waals surface area contributed by atoms with Crippen molar-refractivity contribution >= 4 is 5.97 Å². The maximum Gasteiger partial charge on any atom is 0.303 e. The second kappa shape index (κ2) is 5.02. The minimum absolute atomic E-state index is 0.0293. The highest BCUT2D eigenvalue weighted by Gasteiger charge is 2.48. The van der Waals surface area contributed by atoms with Crippen LogP contribution in [-0.2, 0) is 11.2 Å². The van der Waals surface area contributed by atoms with Crippen molar-refractivity contribution in [2.75, 3.05) is 0 Å². The molecular formula is C17H22O4. The molecule has 1 aromatic rings. The van der Waals surface area contributed by atoms with E-state index in [9.17, 15) is 20.1 Å². The monoisotopic (exact) mass is 290 g/mol. The van der Waals surface area contributed by atoms with E-state index in [-0.39, 0.29) is 24.0 Å². The minimum atomic E-state index is -0.895. The molecule has 3 rings (SSSR count). The van der Waals surface area contributed by atoms with Gasteiger partial charge in [0.05, 0.1) is 12.0 Å². The summed E-state index contributed by atoms with van der Waals surface area (Å²) in [6, 6.07) is 5.50. The fourth-order valence-corrected chi connectivity index (χ4v) is 4.43. The molecule has 0 bridgehead atoms. The Balaban J connectivity index is 1.95. The molecule has 3 N–H and O–H groups in total. The van der Waals surface area contributed by atoms with Crippen LogP contribution in [0.1, 0.15) is 49.7 Å². The Kier molecular flexibility index (Phi) is 3.44. The van der Waals surface area contributed by atoms with E-state index in [2.05, 4.69) is 0 Å². The first-order valence-electron chi connectivity index (χ1n) is 7.64. The number of hydrogen-bond acceptors (Lipinski definition) is 3. The van der Waals surface area contributed by atoms with E-state index in [1.165, 1.54) is 11.1 Å². The van der Waals surface area contributed by atoms with Crippen molar-refractivity contribution in [1.29, 1.82) is 0 Å². The number of benzene rings is 1. The number of aliphatic hydroxyl groups is 1. The standard InChI is InChI=1S/C17H22O4/c1-17(21)7-6-13-12-5-3-11(18)8-10(12)2-4-14(13)15(17)9-16(19)20/h3,5,8,13-15,18,21H,2,4,6-7,9H2,1H3,(H,19,20). The number of fused-ring (bicyclic) bond motifs is 3. The summed E-state index contributed by atoms with van der Waals surface area (Å²) in [4.78, 5) is 11.2. The first kappa shape index (κ1) is 14.4. The van der Waals surface area contributed by atoms with Crippen LogP contribution in [-0.4, -0.2) is 26.9 Å². The highest BCUT2D eigenvalue weighted by atomic mass is 16.4. The van der Waals surface area contributed by atoms with Crippen LogP contribution >= 0.6 is 0 Å². The summed E-state index contributed by atoms with van der Waals surface area (Å²) < 4.78 is 0. The number of carbonyl (C=O) groups is 1. The highest BCUT2D eigenvalue weighted by molar-refractivity contribution is 5.67. The Labute approximate surface area is 124 Å². The number of carboxylic acid groups (broad SMARTS) is 1.